The molecule has 82 heavy (non-hydrogen) atoms. The summed E-state index contributed by atoms with van der Waals surface area (Å²) in [5, 5.41) is 0. The number of hydrogen-bond acceptors (Lipinski definition) is 12. The Morgan fingerprint density at radius 2 is 0.829 bits per heavy atom. The van der Waals surface area contributed by atoms with E-state index < -0.39 is 40.7 Å². The SMILES string of the molecule is CCOC(=O)N(c1ccc(C(C)(CC)c2ccc(N(C(=O)OCC)c3cc4c(cc3C)Oc3cc(N(C)C)ccc3C43OC(=O)c4ccccc43)cc2)cc1)c1cc2c(cc1C)Oc1cc(N(C)C)ccc1C21OC(=O)c2ccccc21. The minimum Gasteiger partial charge on any atom is -0.456 e. The summed E-state index contributed by atoms with van der Waals surface area (Å²) in [6.07, 6.45) is -0.473. The van der Waals surface area contributed by atoms with Crippen LogP contribution in [0.2, 0.25) is 0 Å². The highest BCUT2D eigenvalue weighted by molar-refractivity contribution is 6.01. The predicted molar refractivity (Wildman–Crippen MR) is 315 cm³/mol. The van der Waals surface area contributed by atoms with Gasteiger partial charge >= 0.3 is 24.1 Å². The summed E-state index contributed by atoms with van der Waals surface area (Å²) in [4.78, 5) is 63.5. The summed E-state index contributed by atoms with van der Waals surface area (Å²) < 4.78 is 38.0. The lowest BCUT2D eigenvalue weighted by Crippen LogP contribution is -2.34. The molecule has 414 valence electrons. The minimum absolute atomic E-state index is 0.131. The zero-order valence-electron chi connectivity index (χ0n) is 47.5. The number of carbonyl (C=O) groups is 4. The van der Waals surface area contributed by atoms with Crippen molar-refractivity contribution >= 4 is 58.2 Å². The van der Waals surface area contributed by atoms with Gasteiger partial charge in [0.2, 0.25) is 0 Å². The number of benzene rings is 8. The van der Waals surface area contributed by atoms with Gasteiger partial charge in [-0.15, -0.1) is 0 Å². The van der Waals surface area contributed by atoms with Gasteiger partial charge in [0.1, 0.15) is 23.0 Å². The van der Waals surface area contributed by atoms with E-state index in [1.54, 1.807) is 35.8 Å². The fourth-order valence-corrected chi connectivity index (χ4v) is 12.2. The molecule has 2 amide bonds. The molecule has 4 aliphatic rings. The molecule has 2 spiro atoms. The van der Waals surface area contributed by atoms with Crippen molar-refractivity contribution in [3.63, 3.8) is 0 Å². The van der Waals surface area contributed by atoms with E-state index in [9.17, 15) is 19.2 Å². The highest BCUT2D eigenvalue weighted by Gasteiger charge is 2.56. The van der Waals surface area contributed by atoms with Crippen LogP contribution in [0.4, 0.5) is 43.7 Å². The van der Waals surface area contributed by atoms with Crippen molar-refractivity contribution in [1.82, 2.24) is 0 Å². The predicted octanol–water partition coefficient (Wildman–Crippen LogP) is 14.9. The van der Waals surface area contributed by atoms with Gasteiger partial charge in [-0.2, -0.15) is 0 Å². The number of ether oxygens (including phenoxy) is 6. The number of carbonyl (C=O) groups excluding carboxylic acids is 4. The van der Waals surface area contributed by atoms with Crippen LogP contribution in [0.1, 0.15) is 110 Å². The van der Waals surface area contributed by atoms with Crippen LogP contribution in [0, 0.1) is 13.8 Å². The molecule has 8 aromatic rings. The third-order valence-corrected chi connectivity index (χ3v) is 16.7. The second-order valence-corrected chi connectivity index (χ2v) is 21.7. The number of amides is 2. The van der Waals surface area contributed by atoms with Crippen LogP contribution in [0.25, 0.3) is 0 Å². The first-order chi connectivity index (χ1) is 39.5. The Labute approximate surface area is 476 Å². The van der Waals surface area contributed by atoms with E-state index in [-0.39, 0.29) is 13.2 Å². The first kappa shape index (κ1) is 53.1. The maximum atomic E-state index is 14.4. The molecular weight excluding hydrogens is 1030 g/mol. The number of anilines is 6. The van der Waals surface area contributed by atoms with E-state index >= 15 is 0 Å². The molecule has 0 fully saturated rings. The largest absolute Gasteiger partial charge is 0.456 e. The van der Waals surface area contributed by atoms with Crippen molar-refractivity contribution < 1.29 is 47.6 Å². The number of hydrogen-bond donors (Lipinski definition) is 0. The average molecular weight is 1100 g/mol. The summed E-state index contributed by atoms with van der Waals surface area (Å²) in [7, 11) is 7.82. The van der Waals surface area contributed by atoms with Gasteiger partial charge in [0, 0.05) is 90.5 Å². The van der Waals surface area contributed by atoms with Crippen molar-refractivity contribution in [3.05, 3.63) is 224 Å². The van der Waals surface area contributed by atoms with Gasteiger partial charge in [0.15, 0.2) is 11.2 Å². The maximum Gasteiger partial charge on any atom is 0.418 e. The van der Waals surface area contributed by atoms with E-state index in [4.69, 9.17) is 28.4 Å². The zero-order chi connectivity index (χ0) is 57.6. The lowest BCUT2D eigenvalue weighted by atomic mass is 9.74. The standard InChI is InChI=1S/C68H62N4O10/c1-11-66(6,42-22-26-44(27-23-42)71(64(75)77-12-2)56-38-54-58(34-40(56)4)79-60-36-46(69(7)8)30-32-52(60)67(54)50-20-16-14-18-48(50)62(73)81-67)43-24-28-45(29-25-43)72(65(76)78-13-3)57-39-55-59(35-41(57)5)80-61-37-47(70(9)10)31-33-53(61)68(55)51-21-17-15-19-49(51)63(74)82-68/h14-39H,11-13H2,1-10H3. The molecule has 0 bridgehead atoms. The molecule has 2 unspecified atom stereocenters. The smallest absolute Gasteiger partial charge is 0.418 e. The van der Waals surface area contributed by atoms with E-state index in [0.29, 0.717) is 96.7 Å². The van der Waals surface area contributed by atoms with Crippen LogP contribution in [0.15, 0.2) is 158 Å². The van der Waals surface area contributed by atoms with Crippen molar-refractivity contribution in [3.8, 4) is 23.0 Å². The number of fused-ring (bicyclic) bond motifs is 12. The highest BCUT2D eigenvalue weighted by atomic mass is 16.6. The normalized spacial score (nSPS) is 17.3. The maximum absolute atomic E-state index is 14.4. The Balaban J connectivity index is 0.905. The van der Waals surface area contributed by atoms with Crippen LogP contribution < -0.4 is 29.1 Å². The van der Waals surface area contributed by atoms with Gasteiger partial charge in [-0.05, 0) is 141 Å². The molecule has 0 aliphatic carbocycles. The molecule has 0 saturated heterocycles. The number of aryl methyl sites for hydroxylation is 2. The van der Waals surface area contributed by atoms with E-state index in [0.717, 1.165) is 33.6 Å². The van der Waals surface area contributed by atoms with Crippen LogP contribution in [0.5, 0.6) is 23.0 Å². The minimum atomic E-state index is -1.38. The summed E-state index contributed by atoms with van der Waals surface area (Å²) in [5.41, 5.74) is 8.83. The molecule has 14 nitrogen and oxygen atoms in total. The molecule has 4 aliphatic heterocycles. The Hall–Kier alpha value is -9.56. The molecule has 4 heterocycles. The first-order valence-electron chi connectivity index (χ1n) is 27.6. The molecule has 0 saturated carbocycles. The van der Waals surface area contributed by atoms with Gasteiger partial charge < -0.3 is 38.2 Å². The van der Waals surface area contributed by atoms with E-state index in [2.05, 4.69) is 13.8 Å². The van der Waals surface area contributed by atoms with Crippen LogP contribution in [-0.4, -0.2) is 65.5 Å². The molecule has 14 heteroatoms. The highest BCUT2D eigenvalue weighted by Crippen LogP contribution is 2.60. The average Bonchev–Trinajstić information content (AvgIpc) is 1.78. The fourth-order valence-electron chi connectivity index (χ4n) is 12.2. The summed E-state index contributed by atoms with van der Waals surface area (Å²) in [6.45, 7) is 11.9. The Morgan fingerprint density at radius 3 is 1.20 bits per heavy atom. The summed E-state index contributed by atoms with van der Waals surface area (Å²) in [6, 6.07) is 49.8. The third-order valence-electron chi connectivity index (χ3n) is 16.7. The van der Waals surface area contributed by atoms with Crippen LogP contribution in [0.3, 0.4) is 0 Å². The Bertz CT molecular complexity index is 3700. The lowest BCUT2D eigenvalue weighted by molar-refractivity contribution is 0.0214. The van der Waals surface area contributed by atoms with Gasteiger partial charge in [0.05, 0.1) is 47.1 Å². The zero-order valence-corrected chi connectivity index (χ0v) is 47.5. The number of rotatable bonds is 11. The molecule has 0 N–H and O–H groups in total. The summed E-state index contributed by atoms with van der Waals surface area (Å²) >= 11 is 0. The molecule has 12 rings (SSSR count). The number of nitrogens with zero attached hydrogens (tertiary/aromatic N) is 4. The second-order valence-electron chi connectivity index (χ2n) is 21.7. The molecular formula is C68H62N4O10. The first-order valence-corrected chi connectivity index (χ1v) is 27.6. The van der Waals surface area contributed by atoms with Crippen molar-refractivity contribution in [1.29, 1.82) is 0 Å². The van der Waals surface area contributed by atoms with E-state index in [1.807, 2.05) is 197 Å². The molecule has 8 aromatic carbocycles. The lowest BCUT2D eigenvalue weighted by Gasteiger charge is -2.38. The quantitative estimate of drug-likeness (QED) is 0.0900. The van der Waals surface area contributed by atoms with Crippen LogP contribution >= 0.6 is 0 Å². The monoisotopic (exact) mass is 1090 g/mol. The molecule has 2 atom stereocenters. The third kappa shape index (κ3) is 8.05. The Kier molecular flexibility index (Phi) is 12.9. The van der Waals surface area contributed by atoms with E-state index in [1.165, 1.54) is 0 Å². The van der Waals surface area contributed by atoms with Crippen molar-refractivity contribution in [2.75, 3.05) is 61.0 Å². The van der Waals surface area contributed by atoms with Gasteiger partial charge in [-0.25, -0.2) is 29.0 Å². The molecule has 0 radical (unpaired) electrons. The second kappa shape index (κ2) is 19.9. The number of esters is 2. The van der Waals surface area contributed by atoms with Gasteiger partial charge in [0.25, 0.3) is 0 Å². The van der Waals surface area contributed by atoms with Gasteiger partial charge in [-0.3, -0.25) is 0 Å². The van der Waals surface area contributed by atoms with Crippen molar-refractivity contribution in [2.45, 2.75) is 64.6 Å². The Morgan fingerprint density at radius 1 is 0.463 bits per heavy atom. The van der Waals surface area contributed by atoms with Gasteiger partial charge in [-0.1, -0.05) is 74.5 Å². The summed E-state index contributed by atoms with van der Waals surface area (Å²) in [5.74, 6) is 1.20. The van der Waals surface area contributed by atoms with Crippen LogP contribution in [-0.2, 0) is 35.6 Å². The van der Waals surface area contributed by atoms with Crippen molar-refractivity contribution in [2.24, 2.45) is 0 Å². The fraction of sp³-hybridized carbons (Fsp3) is 0.235. The molecule has 0 aromatic heterocycles. The topological polar surface area (TPSA) is 137 Å².